The number of aryl methyl sites for hydroxylation is 1. The molecule has 0 amide bonds. The van der Waals surface area contributed by atoms with Crippen molar-refractivity contribution >= 4 is 17.9 Å². The van der Waals surface area contributed by atoms with Gasteiger partial charge in [0.25, 0.3) is 0 Å². The summed E-state index contributed by atoms with van der Waals surface area (Å²) in [5.41, 5.74) is 0.934. The zero-order valence-corrected chi connectivity index (χ0v) is 17.0. The van der Waals surface area contributed by atoms with Crippen LogP contribution >= 0.6 is 0 Å². The highest BCUT2D eigenvalue weighted by molar-refractivity contribution is 5.96. The van der Waals surface area contributed by atoms with E-state index in [-0.39, 0.29) is 36.0 Å². The van der Waals surface area contributed by atoms with Gasteiger partial charge in [0.1, 0.15) is 17.1 Å². The van der Waals surface area contributed by atoms with Gasteiger partial charge in [-0.2, -0.15) is 0 Å². The van der Waals surface area contributed by atoms with Crippen LogP contribution in [0.25, 0.3) is 0 Å². The first-order valence-corrected chi connectivity index (χ1v) is 10.2. The largest absolute Gasteiger partial charge is 0.459 e. The summed E-state index contributed by atoms with van der Waals surface area (Å²) in [6.07, 6.45) is 6.79. The van der Waals surface area contributed by atoms with Crippen molar-refractivity contribution in [3.8, 4) is 11.5 Å². The summed E-state index contributed by atoms with van der Waals surface area (Å²) < 4.78 is 16.4. The van der Waals surface area contributed by atoms with Crippen molar-refractivity contribution < 1.29 is 28.6 Å². The Kier molecular flexibility index (Phi) is 8.48. The molecule has 0 bridgehead atoms. The average Bonchev–Trinajstić information content (AvgIpc) is 2.65. The highest BCUT2D eigenvalue weighted by Crippen LogP contribution is 2.32. The van der Waals surface area contributed by atoms with E-state index >= 15 is 0 Å². The Morgan fingerprint density at radius 2 is 1.64 bits per heavy atom. The lowest BCUT2D eigenvalue weighted by Gasteiger charge is -2.19. The number of hydrogen-bond acceptors (Lipinski definition) is 6. The number of esters is 3. The number of carbonyl (C=O) groups is 3. The molecular formula is C22H30O6. The topological polar surface area (TPSA) is 78.9 Å². The normalized spacial score (nSPS) is 18.1. The number of ether oxygens (including phenoxy) is 3. The van der Waals surface area contributed by atoms with Crippen LogP contribution in [0.2, 0.25) is 0 Å². The molecule has 0 N–H and O–H groups in total. The van der Waals surface area contributed by atoms with Crippen LogP contribution in [0.5, 0.6) is 11.5 Å². The van der Waals surface area contributed by atoms with Crippen LogP contribution < -0.4 is 9.47 Å². The van der Waals surface area contributed by atoms with Crippen LogP contribution in [0.3, 0.4) is 0 Å². The number of fused-ring (bicyclic) bond motifs is 1. The third-order valence-corrected chi connectivity index (χ3v) is 4.76. The lowest BCUT2D eigenvalue weighted by atomic mass is 9.98. The molecule has 0 radical (unpaired) electrons. The molecule has 0 aliphatic carbocycles. The number of rotatable bonds is 4. The van der Waals surface area contributed by atoms with Crippen molar-refractivity contribution in [2.45, 2.75) is 84.7 Å². The van der Waals surface area contributed by atoms with E-state index < -0.39 is 17.9 Å². The predicted octanol–water partition coefficient (Wildman–Crippen LogP) is 4.76. The summed E-state index contributed by atoms with van der Waals surface area (Å²) in [7, 11) is 0. The Morgan fingerprint density at radius 3 is 2.36 bits per heavy atom. The molecule has 1 aliphatic heterocycles. The van der Waals surface area contributed by atoms with E-state index in [4.69, 9.17) is 14.2 Å². The van der Waals surface area contributed by atoms with Gasteiger partial charge < -0.3 is 14.2 Å². The van der Waals surface area contributed by atoms with Gasteiger partial charge in [-0.05, 0) is 44.2 Å². The first kappa shape index (κ1) is 21.9. The molecule has 1 aliphatic rings. The van der Waals surface area contributed by atoms with Gasteiger partial charge >= 0.3 is 17.9 Å². The fraction of sp³-hybridized carbons (Fsp3) is 0.591. The molecule has 6 nitrogen and oxygen atoms in total. The smallest absolute Gasteiger partial charge is 0.342 e. The molecule has 0 spiro atoms. The maximum Gasteiger partial charge on any atom is 0.342 e. The van der Waals surface area contributed by atoms with E-state index in [1.165, 1.54) is 6.07 Å². The zero-order valence-electron chi connectivity index (χ0n) is 17.0. The Morgan fingerprint density at radius 1 is 1.00 bits per heavy atom. The van der Waals surface area contributed by atoms with Crippen molar-refractivity contribution in [3.63, 3.8) is 0 Å². The number of cyclic esters (lactones) is 1. The highest BCUT2D eigenvalue weighted by atomic mass is 16.6. The van der Waals surface area contributed by atoms with Gasteiger partial charge in [-0.15, -0.1) is 0 Å². The third-order valence-electron chi connectivity index (χ3n) is 4.76. The molecule has 1 unspecified atom stereocenters. The van der Waals surface area contributed by atoms with Crippen LogP contribution in [0.15, 0.2) is 12.1 Å². The molecule has 1 aromatic rings. The van der Waals surface area contributed by atoms with Gasteiger partial charge in [-0.3, -0.25) is 9.59 Å². The lowest BCUT2D eigenvalue weighted by molar-refractivity contribution is -0.134. The second-order valence-electron chi connectivity index (χ2n) is 7.13. The highest BCUT2D eigenvalue weighted by Gasteiger charge is 2.25. The standard InChI is InChI=1S/C22H30O6/c1-4-19(23)27-17-13-16-12-10-8-6-7-9-11-15(3)26-22(25)21(16)18(14-17)28-20(24)5-2/h13-15H,4-12H2,1-3H3. The minimum Gasteiger partial charge on any atom is -0.459 e. The van der Waals surface area contributed by atoms with E-state index in [2.05, 4.69) is 0 Å². The van der Waals surface area contributed by atoms with Gasteiger partial charge in [0.05, 0.1) is 6.10 Å². The SMILES string of the molecule is CCC(=O)Oc1cc2c(c(OC(=O)CC)c1)C(=O)OC(C)CCCCCCC2. The molecule has 1 atom stereocenters. The van der Waals surface area contributed by atoms with Crippen molar-refractivity contribution in [2.75, 3.05) is 0 Å². The van der Waals surface area contributed by atoms with Gasteiger partial charge in [0, 0.05) is 18.9 Å². The molecule has 0 fully saturated rings. The Labute approximate surface area is 166 Å². The number of hydrogen-bond donors (Lipinski definition) is 0. The van der Waals surface area contributed by atoms with E-state index in [9.17, 15) is 14.4 Å². The molecule has 28 heavy (non-hydrogen) atoms. The fourth-order valence-electron chi connectivity index (χ4n) is 3.19. The summed E-state index contributed by atoms with van der Waals surface area (Å²) >= 11 is 0. The zero-order chi connectivity index (χ0) is 20.5. The Balaban J connectivity index is 2.48. The van der Waals surface area contributed by atoms with E-state index in [1.807, 2.05) is 6.92 Å². The molecule has 154 valence electrons. The summed E-state index contributed by atoms with van der Waals surface area (Å²) in [4.78, 5) is 36.5. The van der Waals surface area contributed by atoms with Gasteiger partial charge in [-0.25, -0.2) is 4.79 Å². The third kappa shape index (κ3) is 6.36. The van der Waals surface area contributed by atoms with Gasteiger partial charge in [0.2, 0.25) is 0 Å². The van der Waals surface area contributed by atoms with E-state index in [1.54, 1.807) is 19.9 Å². The summed E-state index contributed by atoms with van der Waals surface area (Å²) in [5, 5.41) is 0. The van der Waals surface area contributed by atoms with Crippen LogP contribution in [-0.4, -0.2) is 24.0 Å². The van der Waals surface area contributed by atoms with Crippen molar-refractivity contribution in [3.05, 3.63) is 23.3 Å². The van der Waals surface area contributed by atoms with Crippen LogP contribution in [0, 0.1) is 0 Å². The maximum absolute atomic E-state index is 12.9. The summed E-state index contributed by atoms with van der Waals surface area (Å²) in [5.74, 6) is -0.990. The number of carbonyl (C=O) groups excluding carboxylic acids is 3. The lowest BCUT2D eigenvalue weighted by Crippen LogP contribution is -2.19. The van der Waals surface area contributed by atoms with Crippen molar-refractivity contribution in [2.24, 2.45) is 0 Å². The molecule has 0 saturated heterocycles. The van der Waals surface area contributed by atoms with Gasteiger partial charge in [-0.1, -0.05) is 33.1 Å². The monoisotopic (exact) mass is 390 g/mol. The second-order valence-corrected chi connectivity index (χ2v) is 7.13. The van der Waals surface area contributed by atoms with Crippen molar-refractivity contribution in [1.82, 2.24) is 0 Å². The molecule has 0 aromatic heterocycles. The van der Waals surface area contributed by atoms with E-state index in [0.717, 1.165) is 38.5 Å². The van der Waals surface area contributed by atoms with Crippen LogP contribution in [0.1, 0.15) is 88.1 Å². The second kappa shape index (κ2) is 10.8. The quantitative estimate of drug-likeness (QED) is 0.545. The summed E-state index contributed by atoms with van der Waals surface area (Å²) in [6, 6.07) is 3.11. The minimum atomic E-state index is -0.504. The molecule has 1 aromatic carbocycles. The Bertz CT molecular complexity index is 709. The molecule has 0 saturated carbocycles. The molecular weight excluding hydrogens is 360 g/mol. The van der Waals surface area contributed by atoms with Crippen molar-refractivity contribution in [1.29, 1.82) is 0 Å². The first-order valence-electron chi connectivity index (χ1n) is 10.2. The van der Waals surface area contributed by atoms with Gasteiger partial charge in [0.15, 0.2) is 0 Å². The average molecular weight is 390 g/mol. The maximum atomic E-state index is 12.9. The molecule has 2 rings (SSSR count). The number of benzene rings is 1. The summed E-state index contributed by atoms with van der Waals surface area (Å²) in [6.45, 7) is 5.25. The predicted molar refractivity (Wildman–Crippen MR) is 105 cm³/mol. The van der Waals surface area contributed by atoms with Crippen LogP contribution in [0.4, 0.5) is 0 Å². The van der Waals surface area contributed by atoms with E-state index in [0.29, 0.717) is 12.0 Å². The fourth-order valence-corrected chi connectivity index (χ4v) is 3.19. The van der Waals surface area contributed by atoms with Crippen LogP contribution in [-0.2, 0) is 20.7 Å². The minimum absolute atomic E-state index is 0.0949. The molecule has 1 heterocycles. The Hall–Kier alpha value is -2.37. The molecule has 6 heteroatoms. The first-order chi connectivity index (χ1) is 13.4.